The van der Waals surface area contributed by atoms with E-state index in [-0.39, 0.29) is 18.6 Å². The van der Waals surface area contributed by atoms with Crippen LogP contribution < -0.4 is 19.7 Å². The number of piperidine rings is 1. The summed E-state index contributed by atoms with van der Waals surface area (Å²) in [5, 5.41) is 7.85. The van der Waals surface area contributed by atoms with Crippen LogP contribution in [0.25, 0.3) is 11.1 Å². The molecule has 1 amide bonds. The van der Waals surface area contributed by atoms with Gasteiger partial charge in [-0.2, -0.15) is 4.98 Å². The van der Waals surface area contributed by atoms with Gasteiger partial charge < -0.3 is 24.2 Å². The topological polar surface area (TPSA) is 103 Å². The first-order valence-electron chi connectivity index (χ1n) is 9.67. The Hall–Kier alpha value is -3.36. The third kappa shape index (κ3) is 3.32. The number of aryl methyl sites for hydroxylation is 1. The third-order valence-electron chi connectivity index (χ3n) is 5.42. The number of nitrogens with one attached hydrogen (secondary N) is 1. The van der Waals surface area contributed by atoms with Gasteiger partial charge in [-0.15, -0.1) is 0 Å². The fourth-order valence-electron chi connectivity index (χ4n) is 3.91. The number of benzene rings is 1. The molecule has 3 aromatic rings. The highest BCUT2D eigenvalue weighted by molar-refractivity contribution is 5.88. The number of hydrogen-bond donors (Lipinski definition) is 1. The molecular formula is C20H21N5O4. The Morgan fingerprint density at radius 1 is 1.28 bits per heavy atom. The third-order valence-corrected chi connectivity index (χ3v) is 5.42. The monoisotopic (exact) mass is 395 g/mol. The van der Waals surface area contributed by atoms with Crippen molar-refractivity contribution in [1.82, 2.24) is 20.4 Å². The zero-order valence-corrected chi connectivity index (χ0v) is 16.1. The summed E-state index contributed by atoms with van der Waals surface area (Å²) in [6, 6.07) is 5.71. The summed E-state index contributed by atoms with van der Waals surface area (Å²) in [5.41, 5.74) is 2.21. The molecule has 1 fully saturated rings. The number of ether oxygens (including phenoxy) is 2. The molecule has 0 bridgehead atoms. The van der Waals surface area contributed by atoms with Gasteiger partial charge in [0.2, 0.25) is 12.7 Å². The average molecular weight is 395 g/mol. The molecule has 29 heavy (non-hydrogen) atoms. The summed E-state index contributed by atoms with van der Waals surface area (Å²) in [5.74, 6) is 2.17. The van der Waals surface area contributed by atoms with Gasteiger partial charge in [-0.25, -0.2) is 4.98 Å². The zero-order valence-electron chi connectivity index (χ0n) is 16.1. The van der Waals surface area contributed by atoms with Crippen molar-refractivity contribution in [3.05, 3.63) is 35.8 Å². The van der Waals surface area contributed by atoms with E-state index < -0.39 is 0 Å². The van der Waals surface area contributed by atoms with E-state index in [9.17, 15) is 4.79 Å². The highest BCUT2D eigenvalue weighted by Crippen LogP contribution is 2.33. The molecule has 0 saturated carbocycles. The molecule has 2 aliphatic heterocycles. The molecule has 1 aromatic carbocycles. The average Bonchev–Trinajstić information content (AvgIpc) is 3.38. The van der Waals surface area contributed by atoms with Crippen molar-refractivity contribution in [3.63, 3.8) is 0 Å². The first-order valence-corrected chi connectivity index (χ1v) is 9.67. The summed E-state index contributed by atoms with van der Waals surface area (Å²) in [7, 11) is 0. The van der Waals surface area contributed by atoms with Crippen molar-refractivity contribution in [2.75, 3.05) is 24.8 Å². The van der Waals surface area contributed by atoms with E-state index in [1.54, 1.807) is 0 Å². The number of hydrogen-bond acceptors (Lipinski definition) is 8. The van der Waals surface area contributed by atoms with Crippen molar-refractivity contribution in [1.29, 1.82) is 0 Å². The Kier molecular flexibility index (Phi) is 4.42. The number of fused-ring (bicyclic) bond motifs is 2. The molecule has 1 N–H and O–H groups in total. The maximum atomic E-state index is 12.8. The predicted molar refractivity (Wildman–Crippen MR) is 104 cm³/mol. The van der Waals surface area contributed by atoms with Crippen LogP contribution >= 0.6 is 0 Å². The van der Waals surface area contributed by atoms with E-state index >= 15 is 0 Å². The minimum Gasteiger partial charge on any atom is -0.454 e. The number of aromatic nitrogens is 3. The number of rotatable bonds is 4. The van der Waals surface area contributed by atoms with Gasteiger partial charge in [-0.05, 0) is 37.5 Å². The minimum atomic E-state index is -0.108. The fourth-order valence-corrected chi connectivity index (χ4v) is 3.91. The summed E-state index contributed by atoms with van der Waals surface area (Å²) in [6.45, 7) is 4.00. The zero-order chi connectivity index (χ0) is 19.8. The van der Waals surface area contributed by atoms with Crippen LogP contribution in [0.2, 0.25) is 0 Å². The van der Waals surface area contributed by atoms with E-state index in [0.717, 1.165) is 53.3 Å². The van der Waals surface area contributed by atoms with Crippen molar-refractivity contribution in [2.45, 2.75) is 26.3 Å². The van der Waals surface area contributed by atoms with E-state index in [1.165, 1.54) is 6.33 Å². The molecule has 0 spiro atoms. The van der Waals surface area contributed by atoms with E-state index in [1.807, 2.05) is 25.1 Å². The van der Waals surface area contributed by atoms with Gasteiger partial charge in [-0.1, -0.05) is 11.2 Å². The second kappa shape index (κ2) is 7.23. The van der Waals surface area contributed by atoms with Crippen LogP contribution in [0.1, 0.15) is 24.1 Å². The number of anilines is 1. The predicted octanol–water partition coefficient (Wildman–Crippen LogP) is 2.19. The lowest BCUT2D eigenvalue weighted by molar-refractivity contribution is -0.125. The maximum absolute atomic E-state index is 12.8. The molecule has 5 rings (SSSR count). The molecule has 9 nitrogen and oxygen atoms in total. The minimum absolute atomic E-state index is 0.0414. The van der Waals surface area contributed by atoms with Crippen LogP contribution in [0.15, 0.2) is 29.0 Å². The fraction of sp³-hybridized carbons (Fsp3) is 0.400. The van der Waals surface area contributed by atoms with Gasteiger partial charge in [0.05, 0.1) is 11.6 Å². The quantitative estimate of drug-likeness (QED) is 0.717. The molecule has 0 radical (unpaired) electrons. The molecule has 0 unspecified atom stereocenters. The number of carbonyl (C=O) groups is 1. The number of nitrogens with zero attached hydrogens (tertiary/aromatic N) is 4. The van der Waals surface area contributed by atoms with Gasteiger partial charge in [0.1, 0.15) is 17.5 Å². The van der Waals surface area contributed by atoms with Crippen molar-refractivity contribution in [3.8, 4) is 11.5 Å². The summed E-state index contributed by atoms with van der Waals surface area (Å²) in [4.78, 5) is 23.5. The molecule has 0 aliphatic carbocycles. The van der Waals surface area contributed by atoms with Gasteiger partial charge in [0, 0.05) is 19.6 Å². The van der Waals surface area contributed by atoms with Crippen LogP contribution in [0.3, 0.4) is 0 Å². The summed E-state index contributed by atoms with van der Waals surface area (Å²) in [6.07, 6.45) is 3.24. The van der Waals surface area contributed by atoms with Crippen molar-refractivity contribution < 1.29 is 18.8 Å². The number of carbonyl (C=O) groups excluding carboxylic acids is 1. The van der Waals surface area contributed by atoms with Crippen LogP contribution in [0.5, 0.6) is 11.5 Å². The van der Waals surface area contributed by atoms with Crippen LogP contribution in [-0.4, -0.2) is 40.9 Å². The van der Waals surface area contributed by atoms with Crippen molar-refractivity contribution >= 4 is 22.8 Å². The SMILES string of the molecule is Cc1noc2ncnc(N3CCC[C@@H](C(=O)NCc4ccc5c(c4)OCO5)C3)c12. The Balaban J connectivity index is 1.26. The van der Waals surface area contributed by atoms with Gasteiger partial charge in [0.25, 0.3) is 5.71 Å². The molecule has 1 atom stereocenters. The highest BCUT2D eigenvalue weighted by atomic mass is 16.7. The maximum Gasteiger partial charge on any atom is 0.263 e. The lowest BCUT2D eigenvalue weighted by atomic mass is 9.96. The molecule has 4 heterocycles. The van der Waals surface area contributed by atoms with Gasteiger partial charge in [-0.3, -0.25) is 4.79 Å². The summed E-state index contributed by atoms with van der Waals surface area (Å²) >= 11 is 0. The van der Waals surface area contributed by atoms with Crippen LogP contribution in [-0.2, 0) is 11.3 Å². The normalized spacial score (nSPS) is 18.2. The van der Waals surface area contributed by atoms with E-state index in [2.05, 4.69) is 25.3 Å². The Labute approximate surface area is 167 Å². The Morgan fingerprint density at radius 3 is 3.10 bits per heavy atom. The van der Waals surface area contributed by atoms with Crippen molar-refractivity contribution in [2.24, 2.45) is 5.92 Å². The lowest BCUT2D eigenvalue weighted by Crippen LogP contribution is -2.43. The Morgan fingerprint density at radius 2 is 2.17 bits per heavy atom. The highest BCUT2D eigenvalue weighted by Gasteiger charge is 2.28. The molecule has 2 aliphatic rings. The van der Waals surface area contributed by atoms with Crippen LogP contribution in [0.4, 0.5) is 5.82 Å². The lowest BCUT2D eigenvalue weighted by Gasteiger charge is -2.33. The molecule has 150 valence electrons. The van der Waals surface area contributed by atoms with E-state index in [0.29, 0.717) is 18.8 Å². The van der Waals surface area contributed by atoms with Gasteiger partial charge >= 0.3 is 0 Å². The first-order chi connectivity index (χ1) is 14.2. The smallest absolute Gasteiger partial charge is 0.263 e. The van der Waals surface area contributed by atoms with Crippen LogP contribution in [0, 0.1) is 12.8 Å². The second-order valence-electron chi connectivity index (χ2n) is 7.34. The molecule has 9 heteroatoms. The second-order valence-corrected chi connectivity index (χ2v) is 7.34. The standard InChI is InChI=1S/C20H21N5O4/c1-12-17-18(22-10-23-20(17)29-24-12)25-6-2-3-14(9-25)19(26)21-8-13-4-5-15-16(7-13)28-11-27-15/h4-5,7,10,14H,2-3,6,8-9,11H2,1H3,(H,21,26)/t14-/m1/s1. The molecular weight excluding hydrogens is 374 g/mol. The molecule has 2 aromatic heterocycles. The molecule has 1 saturated heterocycles. The Bertz CT molecular complexity index is 1070. The largest absolute Gasteiger partial charge is 0.454 e. The van der Waals surface area contributed by atoms with Gasteiger partial charge in [0.15, 0.2) is 11.5 Å². The summed E-state index contributed by atoms with van der Waals surface area (Å²) < 4.78 is 16.0. The number of amides is 1. The van der Waals surface area contributed by atoms with E-state index in [4.69, 9.17) is 14.0 Å². The first kappa shape index (κ1) is 17.7.